The third-order valence-electron chi connectivity index (χ3n) is 2.77. The van der Waals surface area contributed by atoms with Crippen LogP contribution in [0.3, 0.4) is 0 Å². The number of aromatic nitrogens is 2. The van der Waals surface area contributed by atoms with E-state index in [2.05, 4.69) is 5.10 Å². The molecular weight excluding hydrogens is 260 g/mol. The summed E-state index contributed by atoms with van der Waals surface area (Å²) in [5, 5.41) is 13.7. The van der Waals surface area contributed by atoms with Crippen molar-refractivity contribution in [1.82, 2.24) is 9.78 Å². The first-order valence-electron chi connectivity index (χ1n) is 5.01. The van der Waals surface area contributed by atoms with E-state index in [4.69, 9.17) is 11.0 Å². The minimum Gasteiger partial charge on any atom is -0.383 e. The Balaban J connectivity index is 2.42. The lowest BCUT2D eigenvalue weighted by Crippen LogP contribution is -2.14. The molecule has 1 saturated heterocycles. The first-order valence-corrected chi connectivity index (χ1v) is 8.05. The summed E-state index contributed by atoms with van der Waals surface area (Å²) in [6, 6.07) is 1.76. The van der Waals surface area contributed by atoms with Crippen LogP contribution in [0.4, 0.5) is 5.82 Å². The van der Waals surface area contributed by atoms with Gasteiger partial charge in [-0.1, -0.05) is 0 Å². The molecule has 0 bridgehead atoms. The third-order valence-corrected chi connectivity index (χ3v) is 5.20. The number of nitrogens with zero attached hydrogens (tertiary/aromatic N) is 3. The fourth-order valence-corrected chi connectivity index (χ4v) is 4.14. The standard InChI is InChI=1S/C9H12N4O2S2/c1-16-9-7(4-10)8(11)13(12-9)6-2-3-17(14,15)5-6/h6H,2-3,5,11H2,1H3. The number of hydrogen-bond donors (Lipinski definition) is 1. The second-order valence-electron chi connectivity index (χ2n) is 3.88. The number of thioether (sulfide) groups is 1. The second-order valence-corrected chi connectivity index (χ2v) is 6.91. The lowest BCUT2D eigenvalue weighted by atomic mass is 10.2. The zero-order chi connectivity index (χ0) is 12.6. The molecule has 2 rings (SSSR count). The van der Waals surface area contributed by atoms with Crippen molar-refractivity contribution in [1.29, 1.82) is 5.26 Å². The largest absolute Gasteiger partial charge is 0.383 e. The van der Waals surface area contributed by atoms with Gasteiger partial charge in [-0.3, -0.25) is 0 Å². The van der Waals surface area contributed by atoms with E-state index in [1.807, 2.05) is 6.07 Å². The summed E-state index contributed by atoms with van der Waals surface area (Å²) in [5.41, 5.74) is 6.16. The van der Waals surface area contributed by atoms with Crippen LogP contribution in [0, 0.1) is 11.3 Å². The molecule has 17 heavy (non-hydrogen) atoms. The lowest BCUT2D eigenvalue weighted by molar-refractivity contribution is 0.498. The average molecular weight is 272 g/mol. The highest BCUT2D eigenvalue weighted by Gasteiger charge is 2.32. The molecule has 1 fully saturated rings. The maximum absolute atomic E-state index is 11.4. The van der Waals surface area contributed by atoms with Crippen LogP contribution in [-0.2, 0) is 9.84 Å². The molecule has 0 aromatic carbocycles. The van der Waals surface area contributed by atoms with Crippen molar-refractivity contribution < 1.29 is 8.42 Å². The van der Waals surface area contributed by atoms with Crippen LogP contribution >= 0.6 is 11.8 Å². The number of rotatable bonds is 2. The zero-order valence-corrected chi connectivity index (χ0v) is 10.9. The molecule has 1 aliphatic rings. The first-order chi connectivity index (χ1) is 7.98. The normalized spacial score (nSPS) is 22.5. The van der Waals surface area contributed by atoms with Crippen LogP contribution < -0.4 is 5.73 Å². The minimum atomic E-state index is -2.98. The van der Waals surface area contributed by atoms with Gasteiger partial charge in [-0.2, -0.15) is 10.4 Å². The smallest absolute Gasteiger partial charge is 0.152 e. The number of anilines is 1. The number of hydrogen-bond acceptors (Lipinski definition) is 6. The molecule has 1 aromatic rings. The van der Waals surface area contributed by atoms with Crippen molar-refractivity contribution in [3.63, 3.8) is 0 Å². The van der Waals surface area contributed by atoms with E-state index in [9.17, 15) is 8.42 Å². The van der Waals surface area contributed by atoms with Gasteiger partial charge in [-0.05, 0) is 12.7 Å². The van der Waals surface area contributed by atoms with Gasteiger partial charge in [-0.25, -0.2) is 13.1 Å². The molecule has 1 unspecified atom stereocenters. The molecule has 0 saturated carbocycles. The van der Waals surface area contributed by atoms with Gasteiger partial charge in [0.05, 0.1) is 17.5 Å². The van der Waals surface area contributed by atoms with Crippen molar-refractivity contribution in [2.45, 2.75) is 17.5 Å². The molecule has 0 radical (unpaired) electrons. The van der Waals surface area contributed by atoms with Crippen LogP contribution in [0.25, 0.3) is 0 Å². The molecule has 1 atom stereocenters. The highest BCUT2D eigenvalue weighted by atomic mass is 32.2. The zero-order valence-electron chi connectivity index (χ0n) is 9.25. The summed E-state index contributed by atoms with van der Waals surface area (Å²) in [6.07, 6.45) is 2.31. The number of nitriles is 1. The highest BCUT2D eigenvalue weighted by molar-refractivity contribution is 7.98. The van der Waals surface area contributed by atoms with E-state index in [1.54, 1.807) is 6.26 Å². The topological polar surface area (TPSA) is 102 Å². The van der Waals surface area contributed by atoms with Crippen LogP contribution in [0.15, 0.2) is 5.03 Å². The van der Waals surface area contributed by atoms with E-state index in [1.165, 1.54) is 16.4 Å². The van der Waals surface area contributed by atoms with Crippen molar-refractivity contribution in [3.05, 3.63) is 5.56 Å². The van der Waals surface area contributed by atoms with Crippen LogP contribution in [0.1, 0.15) is 18.0 Å². The monoisotopic (exact) mass is 272 g/mol. The summed E-state index contributed by atoms with van der Waals surface area (Å²) >= 11 is 1.33. The predicted molar refractivity (Wildman–Crippen MR) is 65.4 cm³/mol. The predicted octanol–water partition coefficient (Wildman–Crippen LogP) is 0.418. The fraction of sp³-hybridized carbons (Fsp3) is 0.556. The Morgan fingerprint density at radius 3 is 2.76 bits per heavy atom. The summed E-state index contributed by atoms with van der Waals surface area (Å²) < 4.78 is 24.3. The molecule has 8 heteroatoms. The molecule has 0 amide bonds. The summed E-state index contributed by atoms with van der Waals surface area (Å²) in [7, 11) is -2.98. The lowest BCUT2D eigenvalue weighted by Gasteiger charge is -2.09. The first kappa shape index (κ1) is 12.3. The Morgan fingerprint density at radius 1 is 1.65 bits per heavy atom. The summed E-state index contributed by atoms with van der Waals surface area (Å²) in [4.78, 5) is 0. The molecule has 0 aliphatic carbocycles. The Labute approximate surface area is 104 Å². The van der Waals surface area contributed by atoms with Crippen molar-refractivity contribution >= 4 is 27.4 Å². The molecule has 0 spiro atoms. The number of nitrogen functional groups attached to an aromatic ring is 1. The molecule has 92 valence electrons. The third kappa shape index (κ3) is 2.12. The number of sulfone groups is 1. The van der Waals surface area contributed by atoms with E-state index >= 15 is 0 Å². The SMILES string of the molecule is CSc1nn(C2CCS(=O)(=O)C2)c(N)c1C#N. The number of nitrogens with two attached hydrogens (primary N) is 1. The molecule has 2 heterocycles. The Bertz CT molecular complexity index is 585. The van der Waals surface area contributed by atoms with E-state index in [-0.39, 0.29) is 23.4 Å². The van der Waals surface area contributed by atoms with E-state index < -0.39 is 9.84 Å². The van der Waals surface area contributed by atoms with Gasteiger partial charge in [-0.15, -0.1) is 11.8 Å². The summed E-state index contributed by atoms with van der Waals surface area (Å²) in [5.74, 6) is 0.476. The average Bonchev–Trinajstić information content (AvgIpc) is 2.78. The molecule has 1 aromatic heterocycles. The van der Waals surface area contributed by atoms with Crippen LogP contribution in [-0.4, -0.2) is 36.0 Å². The molecule has 1 aliphatic heterocycles. The Morgan fingerprint density at radius 2 is 2.35 bits per heavy atom. The van der Waals surface area contributed by atoms with Gasteiger partial charge >= 0.3 is 0 Å². The van der Waals surface area contributed by atoms with E-state index in [0.717, 1.165) is 0 Å². The van der Waals surface area contributed by atoms with Gasteiger partial charge < -0.3 is 5.73 Å². The maximum Gasteiger partial charge on any atom is 0.152 e. The minimum absolute atomic E-state index is 0.0531. The van der Waals surface area contributed by atoms with Gasteiger partial charge in [0.1, 0.15) is 22.5 Å². The van der Waals surface area contributed by atoms with Crippen molar-refractivity contribution in [3.8, 4) is 6.07 Å². The Kier molecular flexibility index (Phi) is 3.05. The van der Waals surface area contributed by atoms with Gasteiger partial charge in [0.25, 0.3) is 0 Å². The second kappa shape index (κ2) is 4.23. The maximum atomic E-state index is 11.4. The van der Waals surface area contributed by atoms with Gasteiger partial charge in [0.15, 0.2) is 9.84 Å². The highest BCUT2D eigenvalue weighted by Crippen LogP contribution is 2.31. The molecular formula is C9H12N4O2S2. The van der Waals surface area contributed by atoms with Crippen LogP contribution in [0.2, 0.25) is 0 Å². The summed E-state index contributed by atoms with van der Waals surface area (Å²) in [6.45, 7) is 0. The van der Waals surface area contributed by atoms with Crippen molar-refractivity contribution in [2.24, 2.45) is 0 Å². The van der Waals surface area contributed by atoms with Gasteiger partial charge in [0.2, 0.25) is 0 Å². The van der Waals surface area contributed by atoms with Crippen LogP contribution in [0.5, 0.6) is 0 Å². The molecule has 6 nitrogen and oxygen atoms in total. The Hall–Kier alpha value is -1.20. The van der Waals surface area contributed by atoms with Crippen molar-refractivity contribution in [2.75, 3.05) is 23.5 Å². The fourth-order valence-electron chi connectivity index (χ4n) is 1.92. The van der Waals surface area contributed by atoms with E-state index in [0.29, 0.717) is 17.0 Å². The molecule has 2 N–H and O–H groups in total. The van der Waals surface area contributed by atoms with Gasteiger partial charge in [0, 0.05) is 0 Å². The quantitative estimate of drug-likeness (QED) is 0.783.